The van der Waals surface area contributed by atoms with Crippen molar-refractivity contribution in [1.82, 2.24) is 14.9 Å². The maximum atomic E-state index is 14.5. The molecule has 0 saturated carbocycles. The average molecular weight is 559 g/mol. The third-order valence-corrected chi connectivity index (χ3v) is 9.07. The summed E-state index contributed by atoms with van der Waals surface area (Å²) in [7, 11) is 0. The molecule has 4 aromatic rings. The molecule has 39 heavy (non-hydrogen) atoms. The van der Waals surface area contributed by atoms with Crippen molar-refractivity contribution in [3.05, 3.63) is 98.5 Å². The van der Waals surface area contributed by atoms with Gasteiger partial charge in [-0.1, -0.05) is 73.4 Å². The van der Waals surface area contributed by atoms with Crippen LogP contribution in [0.1, 0.15) is 31.7 Å². The summed E-state index contributed by atoms with van der Waals surface area (Å²) in [6, 6.07) is 19.3. The maximum Gasteiger partial charge on any atom is 0.266 e. The first-order chi connectivity index (χ1) is 18.8. The Morgan fingerprint density at radius 3 is 2.44 bits per heavy atom. The number of para-hydroxylation sites is 2. The second-order valence-corrected chi connectivity index (χ2v) is 11.7. The third kappa shape index (κ3) is 3.15. The van der Waals surface area contributed by atoms with E-state index in [-0.39, 0.29) is 39.2 Å². The smallest absolute Gasteiger partial charge is 0.266 e. The Kier molecular flexibility index (Phi) is 5.34. The lowest BCUT2D eigenvalue weighted by atomic mass is 9.75. The van der Waals surface area contributed by atoms with Crippen LogP contribution in [0.2, 0.25) is 10.0 Å². The van der Waals surface area contributed by atoms with Crippen molar-refractivity contribution < 1.29 is 9.59 Å². The number of benzene rings is 3. The third-order valence-electron chi connectivity index (χ3n) is 8.26. The number of aromatic nitrogens is 2. The van der Waals surface area contributed by atoms with Crippen molar-refractivity contribution in [3.8, 4) is 5.69 Å². The van der Waals surface area contributed by atoms with Crippen molar-refractivity contribution in [2.75, 3.05) is 4.90 Å². The summed E-state index contributed by atoms with van der Waals surface area (Å²) < 4.78 is 1.60. The van der Waals surface area contributed by atoms with Crippen molar-refractivity contribution in [2.24, 2.45) is 17.8 Å². The standard InChI is InChI=1S/C30H24Cl2N4O3/c1-15(2)14-20-23-24(28(39)35(27(23)38)22-13-7-10-18(31)25(22)32)30(34-20)17-9-4-6-12-21(17)36-26(37)16-8-3-5-11-19(16)33-29(30)36/h3-13,15,20,23-24,34H,14H2,1-2H3/t20-,23+,24-,30+/m1/s1. The van der Waals surface area contributed by atoms with Crippen LogP contribution >= 0.6 is 23.2 Å². The van der Waals surface area contributed by atoms with Gasteiger partial charge in [0.2, 0.25) is 11.8 Å². The number of halogens is 2. The first kappa shape index (κ1) is 24.5. The van der Waals surface area contributed by atoms with Gasteiger partial charge in [-0.05, 0) is 42.7 Å². The molecule has 9 heteroatoms. The van der Waals surface area contributed by atoms with Crippen LogP contribution < -0.4 is 15.8 Å². The van der Waals surface area contributed by atoms with Gasteiger partial charge in [-0.3, -0.25) is 24.3 Å². The molecule has 7 nitrogen and oxygen atoms in total. The molecule has 1 N–H and O–H groups in total. The minimum Gasteiger partial charge on any atom is -0.297 e. The first-order valence-corrected chi connectivity index (χ1v) is 13.7. The van der Waals surface area contributed by atoms with Crippen molar-refractivity contribution in [2.45, 2.75) is 31.8 Å². The number of imide groups is 1. The Morgan fingerprint density at radius 1 is 0.923 bits per heavy atom. The van der Waals surface area contributed by atoms with Crippen LogP contribution in [0.4, 0.5) is 5.69 Å². The lowest BCUT2D eigenvalue weighted by Gasteiger charge is -2.32. The molecule has 3 aliphatic rings. The lowest BCUT2D eigenvalue weighted by Crippen LogP contribution is -2.50. The van der Waals surface area contributed by atoms with Gasteiger partial charge in [0.15, 0.2) is 0 Å². The number of fused-ring (bicyclic) bond motifs is 8. The number of carbonyl (C=O) groups is 2. The van der Waals surface area contributed by atoms with E-state index in [4.69, 9.17) is 28.2 Å². The van der Waals surface area contributed by atoms with Gasteiger partial charge in [0.05, 0.1) is 44.2 Å². The Labute approximate surface area is 234 Å². The van der Waals surface area contributed by atoms with Gasteiger partial charge in [0.25, 0.3) is 5.56 Å². The van der Waals surface area contributed by atoms with E-state index >= 15 is 0 Å². The van der Waals surface area contributed by atoms with Crippen LogP contribution in [0, 0.1) is 17.8 Å². The quantitative estimate of drug-likeness (QED) is 0.355. The molecular formula is C30H24Cl2N4O3. The maximum absolute atomic E-state index is 14.5. The highest BCUT2D eigenvalue weighted by molar-refractivity contribution is 6.45. The minimum atomic E-state index is -1.18. The Hall–Kier alpha value is -3.52. The van der Waals surface area contributed by atoms with E-state index in [1.54, 1.807) is 34.9 Å². The van der Waals surface area contributed by atoms with E-state index in [0.29, 0.717) is 28.8 Å². The number of carbonyl (C=O) groups excluding carboxylic acids is 2. The fourth-order valence-corrected chi connectivity index (χ4v) is 7.21. The highest BCUT2D eigenvalue weighted by Gasteiger charge is 2.69. The van der Waals surface area contributed by atoms with Crippen LogP contribution in [0.5, 0.6) is 0 Å². The fourth-order valence-electron chi connectivity index (χ4n) is 6.83. The van der Waals surface area contributed by atoms with Gasteiger partial charge in [-0.15, -0.1) is 0 Å². The molecule has 4 atom stereocenters. The zero-order chi connectivity index (χ0) is 27.2. The number of hydrogen-bond acceptors (Lipinski definition) is 5. The molecule has 0 unspecified atom stereocenters. The van der Waals surface area contributed by atoms with Crippen LogP contribution in [0.3, 0.4) is 0 Å². The largest absolute Gasteiger partial charge is 0.297 e. The lowest BCUT2D eigenvalue weighted by molar-refractivity contribution is -0.123. The zero-order valence-corrected chi connectivity index (χ0v) is 22.7. The molecule has 3 aromatic carbocycles. The van der Waals surface area contributed by atoms with E-state index in [1.807, 2.05) is 36.4 Å². The predicted molar refractivity (Wildman–Crippen MR) is 150 cm³/mol. The van der Waals surface area contributed by atoms with E-state index in [1.165, 1.54) is 4.90 Å². The fraction of sp³-hybridized carbons (Fsp3) is 0.267. The molecular weight excluding hydrogens is 535 g/mol. The summed E-state index contributed by atoms with van der Waals surface area (Å²) in [5.41, 5.74) is 0.826. The van der Waals surface area contributed by atoms with E-state index in [0.717, 1.165) is 5.56 Å². The molecule has 3 aliphatic heterocycles. The number of hydrogen-bond donors (Lipinski definition) is 1. The van der Waals surface area contributed by atoms with E-state index in [2.05, 4.69) is 19.2 Å². The first-order valence-electron chi connectivity index (χ1n) is 13.0. The van der Waals surface area contributed by atoms with E-state index in [9.17, 15) is 14.4 Å². The molecule has 4 heterocycles. The molecule has 7 rings (SSSR count). The Balaban J connectivity index is 1.53. The molecule has 2 amide bonds. The topological polar surface area (TPSA) is 84.3 Å². The number of amides is 2. The van der Waals surface area contributed by atoms with E-state index < -0.39 is 23.3 Å². The molecule has 2 fully saturated rings. The number of nitrogens with one attached hydrogen (secondary N) is 1. The minimum absolute atomic E-state index is 0.149. The number of rotatable bonds is 3. The second-order valence-electron chi connectivity index (χ2n) is 10.9. The molecule has 0 bridgehead atoms. The Morgan fingerprint density at radius 2 is 1.64 bits per heavy atom. The predicted octanol–water partition coefficient (Wildman–Crippen LogP) is 5.07. The molecule has 196 valence electrons. The zero-order valence-electron chi connectivity index (χ0n) is 21.2. The SMILES string of the molecule is CC(C)C[C@H]1N[C@@]2(c3ccccc3-n3c2nc2ccccc2c3=O)[C@H]2C(=O)N(c3cccc(Cl)c3Cl)C(=O)[C@@H]12. The Bertz CT molecular complexity index is 1780. The van der Waals surface area contributed by atoms with Crippen LogP contribution in [0.15, 0.2) is 71.5 Å². The molecule has 0 aliphatic carbocycles. The summed E-state index contributed by atoms with van der Waals surface area (Å²) in [5.74, 6) is -1.58. The van der Waals surface area contributed by atoms with Crippen LogP contribution in [0.25, 0.3) is 16.6 Å². The number of anilines is 1. The van der Waals surface area contributed by atoms with Crippen LogP contribution in [-0.4, -0.2) is 27.4 Å². The van der Waals surface area contributed by atoms with Gasteiger partial charge in [-0.25, -0.2) is 9.88 Å². The molecule has 1 aromatic heterocycles. The normalized spacial score (nSPS) is 25.2. The molecule has 0 radical (unpaired) electrons. The number of nitrogens with zero attached hydrogens (tertiary/aromatic N) is 3. The monoisotopic (exact) mass is 558 g/mol. The summed E-state index contributed by atoms with van der Waals surface area (Å²) >= 11 is 12.8. The summed E-state index contributed by atoms with van der Waals surface area (Å²) in [5, 5.41) is 4.61. The highest BCUT2D eigenvalue weighted by atomic mass is 35.5. The summed E-state index contributed by atoms with van der Waals surface area (Å²) in [6.45, 7) is 4.17. The summed E-state index contributed by atoms with van der Waals surface area (Å²) in [6.07, 6.45) is 0.652. The van der Waals surface area contributed by atoms with Crippen molar-refractivity contribution >= 4 is 51.6 Å². The average Bonchev–Trinajstić information content (AvgIpc) is 3.49. The molecule has 1 spiro atoms. The van der Waals surface area contributed by atoms with Gasteiger partial charge >= 0.3 is 0 Å². The molecule has 2 saturated heterocycles. The second kappa shape index (κ2) is 8.49. The van der Waals surface area contributed by atoms with Gasteiger partial charge in [-0.2, -0.15) is 0 Å². The van der Waals surface area contributed by atoms with Gasteiger partial charge < -0.3 is 0 Å². The van der Waals surface area contributed by atoms with Crippen molar-refractivity contribution in [3.63, 3.8) is 0 Å². The van der Waals surface area contributed by atoms with Gasteiger partial charge in [0.1, 0.15) is 11.4 Å². The highest BCUT2D eigenvalue weighted by Crippen LogP contribution is 2.56. The van der Waals surface area contributed by atoms with Crippen LogP contribution in [-0.2, 0) is 15.1 Å². The van der Waals surface area contributed by atoms with Crippen molar-refractivity contribution in [1.29, 1.82) is 0 Å². The summed E-state index contributed by atoms with van der Waals surface area (Å²) in [4.78, 5) is 48.7. The van der Waals surface area contributed by atoms with Gasteiger partial charge in [0, 0.05) is 11.6 Å².